The first-order valence-electron chi connectivity index (χ1n) is 8.67. The van der Waals surface area contributed by atoms with Gasteiger partial charge in [-0.25, -0.2) is 0 Å². The Morgan fingerprint density at radius 2 is 1.75 bits per heavy atom. The van der Waals surface area contributed by atoms with Gasteiger partial charge < -0.3 is 19.7 Å². The molecule has 28 heavy (non-hydrogen) atoms. The van der Waals surface area contributed by atoms with E-state index in [2.05, 4.69) is 0 Å². The second-order valence-corrected chi connectivity index (χ2v) is 6.74. The van der Waals surface area contributed by atoms with Crippen LogP contribution in [0.15, 0.2) is 72.8 Å². The molecule has 142 valence electrons. The first-order valence-corrected chi connectivity index (χ1v) is 9.05. The SMILES string of the molecule is CN(Cc1cccc(B(O)O)c1)C(=O)c1ccc(Oc2ccccc2Cl)cc1. The van der Waals surface area contributed by atoms with Gasteiger partial charge >= 0.3 is 7.12 Å². The highest BCUT2D eigenvalue weighted by Crippen LogP contribution is 2.28. The number of hydrogen-bond donors (Lipinski definition) is 2. The quantitative estimate of drug-likeness (QED) is 0.629. The van der Waals surface area contributed by atoms with Crippen LogP contribution in [0, 0.1) is 0 Å². The number of hydrogen-bond acceptors (Lipinski definition) is 4. The normalized spacial score (nSPS) is 10.4. The Balaban J connectivity index is 1.67. The number of halogens is 1. The van der Waals surface area contributed by atoms with Gasteiger partial charge in [0.1, 0.15) is 11.5 Å². The van der Waals surface area contributed by atoms with E-state index in [0.29, 0.717) is 34.1 Å². The van der Waals surface area contributed by atoms with Gasteiger partial charge in [-0.2, -0.15) is 0 Å². The van der Waals surface area contributed by atoms with E-state index in [1.165, 1.54) is 0 Å². The van der Waals surface area contributed by atoms with E-state index in [9.17, 15) is 14.8 Å². The van der Waals surface area contributed by atoms with Crippen LogP contribution in [0.4, 0.5) is 0 Å². The van der Waals surface area contributed by atoms with Gasteiger partial charge in [0.05, 0.1) is 5.02 Å². The van der Waals surface area contributed by atoms with Gasteiger partial charge in [-0.15, -0.1) is 0 Å². The average molecular weight is 396 g/mol. The maximum Gasteiger partial charge on any atom is 0.488 e. The van der Waals surface area contributed by atoms with Crippen LogP contribution in [-0.4, -0.2) is 35.0 Å². The van der Waals surface area contributed by atoms with Crippen molar-refractivity contribution in [3.05, 3.63) is 88.9 Å². The molecule has 0 heterocycles. The first kappa shape index (κ1) is 20.0. The summed E-state index contributed by atoms with van der Waals surface area (Å²) < 4.78 is 5.73. The second-order valence-electron chi connectivity index (χ2n) is 6.34. The largest absolute Gasteiger partial charge is 0.488 e. The summed E-state index contributed by atoms with van der Waals surface area (Å²) in [5.74, 6) is 0.975. The van der Waals surface area contributed by atoms with Crippen molar-refractivity contribution < 1.29 is 19.6 Å². The van der Waals surface area contributed by atoms with E-state index < -0.39 is 7.12 Å². The summed E-state index contributed by atoms with van der Waals surface area (Å²) >= 11 is 6.09. The third-order valence-corrected chi connectivity index (χ3v) is 4.49. The third-order valence-electron chi connectivity index (χ3n) is 4.18. The number of para-hydroxylation sites is 1. The Hall–Kier alpha value is -2.80. The molecule has 5 nitrogen and oxygen atoms in total. The van der Waals surface area contributed by atoms with E-state index >= 15 is 0 Å². The fraction of sp³-hybridized carbons (Fsp3) is 0.0952. The highest BCUT2D eigenvalue weighted by molar-refractivity contribution is 6.58. The standard InChI is InChI=1S/C21H19BClNO4/c1-24(14-15-5-4-6-17(13-15)22(26)27)21(25)16-9-11-18(12-10-16)28-20-8-3-2-7-19(20)23/h2-13,26-27H,14H2,1H3. The third kappa shape index (κ3) is 4.92. The Bertz CT molecular complexity index is 963. The molecule has 3 aromatic carbocycles. The lowest BCUT2D eigenvalue weighted by molar-refractivity contribution is 0.0785. The number of ether oxygens (including phenoxy) is 1. The van der Waals surface area contributed by atoms with Gasteiger partial charge in [0.2, 0.25) is 0 Å². The van der Waals surface area contributed by atoms with Gasteiger partial charge in [-0.3, -0.25) is 4.79 Å². The molecule has 0 bridgehead atoms. The Kier molecular flexibility index (Phi) is 6.36. The summed E-state index contributed by atoms with van der Waals surface area (Å²) in [4.78, 5) is 14.2. The molecule has 3 aromatic rings. The Morgan fingerprint density at radius 3 is 2.43 bits per heavy atom. The molecule has 0 unspecified atom stereocenters. The number of carbonyl (C=O) groups is 1. The molecule has 1 amide bonds. The lowest BCUT2D eigenvalue weighted by Gasteiger charge is -2.18. The van der Waals surface area contributed by atoms with E-state index in [1.54, 1.807) is 66.5 Å². The Morgan fingerprint density at radius 1 is 1.04 bits per heavy atom. The van der Waals surface area contributed by atoms with E-state index in [4.69, 9.17) is 16.3 Å². The highest BCUT2D eigenvalue weighted by atomic mass is 35.5. The average Bonchev–Trinajstić information content (AvgIpc) is 2.70. The van der Waals surface area contributed by atoms with Crippen LogP contribution >= 0.6 is 11.6 Å². The van der Waals surface area contributed by atoms with Gasteiger partial charge in [-0.05, 0) is 47.4 Å². The van der Waals surface area contributed by atoms with Crippen LogP contribution in [0.25, 0.3) is 0 Å². The summed E-state index contributed by atoms with van der Waals surface area (Å²) in [6.07, 6.45) is 0. The zero-order chi connectivity index (χ0) is 20.1. The molecule has 0 saturated carbocycles. The number of nitrogens with zero attached hydrogens (tertiary/aromatic N) is 1. The van der Waals surface area contributed by atoms with Crippen molar-refractivity contribution in [2.75, 3.05) is 7.05 Å². The van der Waals surface area contributed by atoms with Gasteiger partial charge in [0, 0.05) is 19.2 Å². The number of benzene rings is 3. The zero-order valence-corrected chi connectivity index (χ0v) is 16.0. The molecule has 3 rings (SSSR count). The number of amides is 1. The van der Waals surface area contributed by atoms with E-state index in [1.807, 2.05) is 18.2 Å². The molecule has 2 N–H and O–H groups in total. The van der Waals surface area contributed by atoms with Crippen LogP contribution in [0.5, 0.6) is 11.5 Å². The molecule has 0 fully saturated rings. The van der Waals surface area contributed by atoms with Crippen LogP contribution < -0.4 is 10.2 Å². The minimum Gasteiger partial charge on any atom is -0.456 e. The van der Waals surface area contributed by atoms with Crippen molar-refractivity contribution in [3.63, 3.8) is 0 Å². The summed E-state index contributed by atoms with van der Waals surface area (Å²) in [6.45, 7) is 0.345. The van der Waals surface area contributed by atoms with Crippen molar-refractivity contribution in [1.82, 2.24) is 4.90 Å². The molecular weight excluding hydrogens is 376 g/mol. The van der Waals surface area contributed by atoms with Gasteiger partial charge in [0.15, 0.2) is 0 Å². The fourth-order valence-corrected chi connectivity index (χ4v) is 2.91. The molecule has 0 aromatic heterocycles. The van der Waals surface area contributed by atoms with Crippen LogP contribution in [-0.2, 0) is 6.54 Å². The second kappa shape index (κ2) is 8.93. The topological polar surface area (TPSA) is 70.0 Å². The number of rotatable bonds is 6. The predicted octanol–water partition coefficient (Wildman–Crippen LogP) is 3.08. The molecule has 7 heteroatoms. The fourth-order valence-electron chi connectivity index (χ4n) is 2.74. The minimum absolute atomic E-state index is 0.153. The molecule has 0 atom stereocenters. The molecule has 0 aliphatic rings. The molecule has 0 aliphatic carbocycles. The summed E-state index contributed by atoms with van der Waals surface area (Å²) in [6, 6.07) is 20.8. The Labute approximate surface area is 168 Å². The maximum absolute atomic E-state index is 12.7. The van der Waals surface area contributed by atoms with Crippen molar-refractivity contribution in [2.45, 2.75) is 6.54 Å². The van der Waals surface area contributed by atoms with Crippen molar-refractivity contribution in [2.24, 2.45) is 0 Å². The van der Waals surface area contributed by atoms with Crippen LogP contribution in [0.2, 0.25) is 5.02 Å². The first-order chi connectivity index (χ1) is 13.4. The highest BCUT2D eigenvalue weighted by Gasteiger charge is 2.15. The molecule has 0 radical (unpaired) electrons. The molecule has 0 aliphatic heterocycles. The monoisotopic (exact) mass is 395 g/mol. The minimum atomic E-state index is -1.54. The molecule has 0 saturated heterocycles. The van der Waals surface area contributed by atoms with Gasteiger partial charge in [-0.1, -0.05) is 48.0 Å². The van der Waals surface area contributed by atoms with Crippen LogP contribution in [0.1, 0.15) is 15.9 Å². The van der Waals surface area contributed by atoms with Crippen molar-refractivity contribution >= 4 is 30.1 Å². The smallest absolute Gasteiger partial charge is 0.456 e. The summed E-state index contributed by atoms with van der Waals surface area (Å²) in [5.41, 5.74) is 1.71. The summed E-state index contributed by atoms with van der Waals surface area (Å²) in [7, 11) is 0.157. The molecule has 0 spiro atoms. The van der Waals surface area contributed by atoms with E-state index in [0.717, 1.165) is 5.56 Å². The van der Waals surface area contributed by atoms with E-state index in [-0.39, 0.29) is 5.91 Å². The van der Waals surface area contributed by atoms with Crippen LogP contribution in [0.3, 0.4) is 0 Å². The number of carbonyl (C=O) groups excluding carboxylic acids is 1. The maximum atomic E-state index is 12.7. The zero-order valence-electron chi connectivity index (χ0n) is 15.2. The van der Waals surface area contributed by atoms with Crippen molar-refractivity contribution in [1.29, 1.82) is 0 Å². The predicted molar refractivity (Wildman–Crippen MR) is 110 cm³/mol. The van der Waals surface area contributed by atoms with Gasteiger partial charge in [0.25, 0.3) is 5.91 Å². The lowest BCUT2D eigenvalue weighted by atomic mass is 9.79. The summed E-state index contributed by atoms with van der Waals surface area (Å²) in [5, 5.41) is 19.1. The lowest BCUT2D eigenvalue weighted by Crippen LogP contribution is -2.31. The van der Waals surface area contributed by atoms with Crippen molar-refractivity contribution in [3.8, 4) is 11.5 Å². The molecular formula is C21H19BClNO4.